The van der Waals surface area contributed by atoms with Crippen LogP contribution in [0.15, 0.2) is 70.4 Å². The van der Waals surface area contributed by atoms with Crippen LogP contribution in [0.25, 0.3) is 11.0 Å². The number of benzene rings is 2. The lowest BCUT2D eigenvalue weighted by molar-refractivity contribution is 0.0952. The zero-order valence-corrected chi connectivity index (χ0v) is 16.9. The van der Waals surface area contributed by atoms with Gasteiger partial charge in [-0.05, 0) is 17.2 Å². The summed E-state index contributed by atoms with van der Waals surface area (Å²) in [6.45, 7) is 0.369. The van der Waals surface area contributed by atoms with Gasteiger partial charge in [-0.1, -0.05) is 60.1 Å². The first kappa shape index (κ1) is 19.7. The standard InChI is InChI=1S/C22H19ClN4O3/c1-26-13-16(20(28)24-11-15-9-5-6-10-17(15)23)18-19(26)21(29)27(22(30)25-18)12-14-7-3-2-4-8-14/h2-10,13H,11-12H2,1H3,(H,24,28)(H,25,30). The van der Waals surface area contributed by atoms with Gasteiger partial charge in [-0.2, -0.15) is 0 Å². The van der Waals surface area contributed by atoms with Crippen LogP contribution in [-0.4, -0.2) is 20.0 Å². The molecule has 2 aromatic carbocycles. The third-order valence-electron chi connectivity index (χ3n) is 4.93. The number of aromatic amines is 1. The summed E-state index contributed by atoms with van der Waals surface area (Å²) in [5, 5.41) is 3.34. The molecule has 30 heavy (non-hydrogen) atoms. The number of carbonyl (C=O) groups is 1. The van der Waals surface area contributed by atoms with Crippen molar-refractivity contribution in [1.29, 1.82) is 0 Å². The topological polar surface area (TPSA) is 88.9 Å². The van der Waals surface area contributed by atoms with E-state index in [0.717, 1.165) is 15.7 Å². The van der Waals surface area contributed by atoms with Crippen molar-refractivity contribution in [3.05, 3.63) is 103 Å². The van der Waals surface area contributed by atoms with Crippen molar-refractivity contribution in [2.75, 3.05) is 0 Å². The first-order chi connectivity index (χ1) is 14.5. The molecule has 0 radical (unpaired) electrons. The van der Waals surface area contributed by atoms with E-state index in [2.05, 4.69) is 10.3 Å². The summed E-state index contributed by atoms with van der Waals surface area (Å²) < 4.78 is 2.68. The van der Waals surface area contributed by atoms with Gasteiger partial charge in [-0.3, -0.25) is 14.2 Å². The number of hydrogen-bond donors (Lipinski definition) is 2. The summed E-state index contributed by atoms with van der Waals surface area (Å²) in [6, 6.07) is 16.4. The van der Waals surface area contributed by atoms with E-state index in [9.17, 15) is 14.4 Å². The quantitative estimate of drug-likeness (QED) is 0.518. The smallest absolute Gasteiger partial charge is 0.329 e. The molecular formula is C22H19ClN4O3. The van der Waals surface area contributed by atoms with Crippen molar-refractivity contribution in [3.8, 4) is 0 Å². The van der Waals surface area contributed by atoms with Gasteiger partial charge in [0.05, 0.1) is 17.6 Å². The van der Waals surface area contributed by atoms with E-state index in [1.165, 1.54) is 6.20 Å². The van der Waals surface area contributed by atoms with Crippen LogP contribution < -0.4 is 16.6 Å². The molecule has 0 spiro atoms. The van der Waals surface area contributed by atoms with Crippen LogP contribution in [-0.2, 0) is 20.1 Å². The largest absolute Gasteiger partial charge is 0.348 e. The maximum atomic E-state index is 13.0. The molecule has 152 valence electrons. The van der Waals surface area contributed by atoms with E-state index in [-0.39, 0.29) is 29.7 Å². The molecule has 2 aromatic heterocycles. The van der Waals surface area contributed by atoms with Crippen LogP contribution in [0.4, 0.5) is 0 Å². The Kier molecular flexibility index (Phi) is 5.29. The average molecular weight is 423 g/mol. The fourth-order valence-corrected chi connectivity index (χ4v) is 3.60. The molecule has 0 bridgehead atoms. The lowest BCUT2D eigenvalue weighted by Crippen LogP contribution is -2.36. The Bertz CT molecular complexity index is 1350. The van der Waals surface area contributed by atoms with Crippen molar-refractivity contribution >= 4 is 28.5 Å². The highest BCUT2D eigenvalue weighted by atomic mass is 35.5. The first-order valence-corrected chi connectivity index (χ1v) is 9.71. The average Bonchev–Trinajstić information content (AvgIpc) is 3.07. The van der Waals surface area contributed by atoms with Crippen LogP contribution in [0, 0.1) is 0 Å². The molecule has 8 heteroatoms. The summed E-state index contributed by atoms with van der Waals surface area (Å²) in [7, 11) is 1.67. The van der Waals surface area contributed by atoms with Gasteiger partial charge in [0.15, 0.2) is 0 Å². The van der Waals surface area contributed by atoms with E-state index < -0.39 is 17.2 Å². The SMILES string of the molecule is Cn1cc(C(=O)NCc2ccccc2Cl)c2[nH]c(=O)n(Cc3ccccc3)c(=O)c21. The number of amides is 1. The Balaban J connectivity index is 1.69. The highest BCUT2D eigenvalue weighted by Gasteiger charge is 2.19. The second-order valence-electron chi connectivity index (χ2n) is 6.96. The number of rotatable bonds is 5. The van der Waals surface area contributed by atoms with Crippen LogP contribution in [0.3, 0.4) is 0 Å². The minimum Gasteiger partial charge on any atom is -0.348 e. The van der Waals surface area contributed by atoms with E-state index >= 15 is 0 Å². The molecule has 0 saturated carbocycles. The predicted octanol–water partition coefficient (Wildman–Crippen LogP) is 2.66. The van der Waals surface area contributed by atoms with E-state index in [1.807, 2.05) is 48.5 Å². The Morgan fingerprint density at radius 2 is 1.77 bits per heavy atom. The number of carbonyl (C=O) groups excluding carboxylic acids is 1. The Labute approximate surface area is 176 Å². The van der Waals surface area contributed by atoms with Crippen molar-refractivity contribution < 1.29 is 4.79 Å². The zero-order valence-electron chi connectivity index (χ0n) is 16.2. The van der Waals surface area contributed by atoms with E-state index in [4.69, 9.17) is 11.6 Å². The minimum atomic E-state index is -0.567. The molecule has 7 nitrogen and oxygen atoms in total. The third-order valence-corrected chi connectivity index (χ3v) is 5.30. The van der Waals surface area contributed by atoms with Crippen molar-refractivity contribution in [2.24, 2.45) is 7.05 Å². The van der Waals surface area contributed by atoms with E-state index in [0.29, 0.717) is 5.02 Å². The van der Waals surface area contributed by atoms with Crippen LogP contribution in [0.5, 0.6) is 0 Å². The number of aromatic nitrogens is 3. The molecule has 4 aromatic rings. The van der Waals surface area contributed by atoms with Gasteiger partial charge < -0.3 is 14.9 Å². The Morgan fingerprint density at radius 3 is 2.50 bits per heavy atom. The van der Waals surface area contributed by atoms with Crippen LogP contribution in [0.1, 0.15) is 21.5 Å². The normalized spacial score (nSPS) is 11.0. The highest BCUT2D eigenvalue weighted by Crippen LogP contribution is 2.17. The molecule has 0 aliphatic rings. The number of aryl methyl sites for hydroxylation is 1. The molecule has 2 heterocycles. The van der Waals surface area contributed by atoms with E-state index in [1.54, 1.807) is 17.7 Å². The Morgan fingerprint density at radius 1 is 1.07 bits per heavy atom. The number of fused-ring (bicyclic) bond motifs is 1. The number of nitrogens with zero attached hydrogens (tertiary/aromatic N) is 2. The zero-order chi connectivity index (χ0) is 21.3. The van der Waals surface area contributed by atoms with Gasteiger partial charge in [-0.25, -0.2) is 4.79 Å². The molecule has 0 fully saturated rings. The number of nitrogens with one attached hydrogen (secondary N) is 2. The predicted molar refractivity (Wildman–Crippen MR) is 116 cm³/mol. The molecular weight excluding hydrogens is 404 g/mol. The summed E-state index contributed by atoms with van der Waals surface area (Å²) in [6.07, 6.45) is 1.54. The van der Waals surface area contributed by atoms with Gasteiger partial charge in [0.1, 0.15) is 5.52 Å². The lowest BCUT2D eigenvalue weighted by Gasteiger charge is -2.07. The summed E-state index contributed by atoms with van der Waals surface area (Å²) in [5.41, 5.74) is 1.28. The second kappa shape index (κ2) is 8.04. The molecule has 1 amide bonds. The fraction of sp³-hybridized carbons (Fsp3) is 0.136. The molecule has 0 atom stereocenters. The molecule has 4 rings (SSSR count). The lowest BCUT2D eigenvalue weighted by atomic mass is 10.2. The van der Waals surface area contributed by atoms with Crippen molar-refractivity contribution in [1.82, 2.24) is 19.4 Å². The number of H-pyrrole nitrogens is 1. The summed E-state index contributed by atoms with van der Waals surface area (Å²) in [4.78, 5) is 41.1. The van der Waals surface area contributed by atoms with Crippen molar-refractivity contribution in [3.63, 3.8) is 0 Å². The first-order valence-electron chi connectivity index (χ1n) is 9.33. The van der Waals surface area contributed by atoms with Crippen molar-refractivity contribution in [2.45, 2.75) is 13.1 Å². The van der Waals surface area contributed by atoms with Gasteiger partial charge in [0, 0.05) is 24.8 Å². The van der Waals surface area contributed by atoms with Gasteiger partial charge in [-0.15, -0.1) is 0 Å². The second-order valence-corrected chi connectivity index (χ2v) is 7.37. The summed E-state index contributed by atoms with van der Waals surface area (Å²) in [5.74, 6) is -0.406. The molecule has 0 unspecified atom stereocenters. The fourth-order valence-electron chi connectivity index (χ4n) is 3.40. The minimum absolute atomic E-state index is 0.143. The highest BCUT2D eigenvalue weighted by molar-refractivity contribution is 6.31. The van der Waals surface area contributed by atoms with Crippen LogP contribution >= 0.6 is 11.6 Å². The van der Waals surface area contributed by atoms with Crippen LogP contribution in [0.2, 0.25) is 5.02 Å². The van der Waals surface area contributed by atoms with Gasteiger partial charge >= 0.3 is 5.69 Å². The maximum absolute atomic E-state index is 13.0. The molecule has 0 aliphatic heterocycles. The van der Waals surface area contributed by atoms with Gasteiger partial charge in [0.2, 0.25) is 0 Å². The summed E-state index contributed by atoms with van der Waals surface area (Å²) >= 11 is 6.13. The monoisotopic (exact) mass is 422 g/mol. The molecule has 0 aliphatic carbocycles. The number of halogens is 1. The maximum Gasteiger partial charge on any atom is 0.329 e. The Hall–Kier alpha value is -3.58. The van der Waals surface area contributed by atoms with Gasteiger partial charge in [0.25, 0.3) is 11.5 Å². The third kappa shape index (κ3) is 3.67. The number of hydrogen-bond acceptors (Lipinski definition) is 3. The molecule has 0 saturated heterocycles. The molecule has 2 N–H and O–H groups in total.